The Morgan fingerprint density at radius 1 is 0.657 bits per heavy atom. The minimum Gasteiger partial charge on any atom is -0.321 e. The Kier molecular flexibility index (Phi) is 3.34. The third-order valence-electron chi connectivity index (χ3n) is 8.72. The summed E-state index contributed by atoms with van der Waals surface area (Å²) in [6.45, 7) is 0.247. The average molecular weight is 446 g/mol. The number of nitrogens with zero attached hydrogens (tertiary/aromatic N) is 2. The van der Waals surface area contributed by atoms with Gasteiger partial charge in [-0.3, -0.25) is 0 Å². The SMILES string of the molecule is c1ccc(-n2c3c(c4ccccc42)-c2cccc4c2B3c2cccc3c5c(n-4c23)CCCC5)cc1. The zero-order valence-electron chi connectivity index (χ0n) is 19.5. The smallest absolute Gasteiger partial charge is 0.269 e. The van der Waals surface area contributed by atoms with E-state index in [1.54, 1.807) is 11.3 Å². The van der Waals surface area contributed by atoms with Gasteiger partial charge in [0.1, 0.15) is 0 Å². The Morgan fingerprint density at radius 2 is 1.46 bits per heavy atom. The van der Waals surface area contributed by atoms with Crippen LogP contribution in [0, 0.1) is 0 Å². The summed E-state index contributed by atoms with van der Waals surface area (Å²) < 4.78 is 5.19. The van der Waals surface area contributed by atoms with Gasteiger partial charge in [0.15, 0.2) is 0 Å². The van der Waals surface area contributed by atoms with Crippen molar-refractivity contribution < 1.29 is 0 Å². The molecule has 1 aliphatic carbocycles. The lowest BCUT2D eigenvalue weighted by Crippen LogP contribution is -2.55. The molecule has 0 N–H and O–H groups in total. The maximum absolute atomic E-state index is 2.65. The van der Waals surface area contributed by atoms with Crippen molar-refractivity contribution in [1.29, 1.82) is 0 Å². The van der Waals surface area contributed by atoms with Crippen LogP contribution in [0.5, 0.6) is 0 Å². The van der Waals surface area contributed by atoms with Crippen LogP contribution in [0.4, 0.5) is 0 Å². The first-order chi connectivity index (χ1) is 17.4. The summed E-state index contributed by atoms with van der Waals surface area (Å²) in [7, 11) is 0. The molecule has 3 heteroatoms. The highest BCUT2D eigenvalue weighted by molar-refractivity contribution is 7.01. The van der Waals surface area contributed by atoms with Crippen molar-refractivity contribution in [2.24, 2.45) is 0 Å². The molecule has 6 aromatic rings. The van der Waals surface area contributed by atoms with Crippen LogP contribution in [0.25, 0.3) is 44.3 Å². The molecule has 4 aromatic carbocycles. The summed E-state index contributed by atoms with van der Waals surface area (Å²) in [5.41, 5.74) is 15.8. The summed E-state index contributed by atoms with van der Waals surface area (Å²) in [5.74, 6) is 0. The van der Waals surface area contributed by atoms with Gasteiger partial charge in [-0.15, -0.1) is 0 Å². The number of aromatic nitrogens is 2. The van der Waals surface area contributed by atoms with Crippen LogP contribution in [0.1, 0.15) is 24.1 Å². The molecule has 0 amide bonds. The first kappa shape index (κ1) is 18.4. The molecule has 35 heavy (non-hydrogen) atoms. The minimum absolute atomic E-state index is 0.247. The molecule has 0 saturated heterocycles. The van der Waals surface area contributed by atoms with Crippen LogP contribution >= 0.6 is 0 Å². The van der Waals surface area contributed by atoms with E-state index < -0.39 is 0 Å². The van der Waals surface area contributed by atoms with Crippen molar-refractivity contribution in [2.45, 2.75) is 25.7 Å². The molecule has 2 aliphatic heterocycles. The third kappa shape index (κ3) is 2.10. The molecule has 0 atom stereocenters. The molecule has 0 bridgehead atoms. The number of rotatable bonds is 1. The van der Waals surface area contributed by atoms with Gasteiger partial charge < -0.3 is 9.13 Å². The fourth-order valence-corrected chi connectivity index (χ4v) is 7.49. The van der Waals surface area contributed by atoms with Crippen LogP contribution in [0.3, 0.4) is 0 Å². The second-order valence-electron chi connectivity index (χ2n) is 10.3. The molecule has 2 nitrogen and oxygen atoms in total. The first-order valence-electron chi connectivity index (χ1n) is 12.9. The van der Waals surface area contributed by atoms with Crippen molar-refractivity contribution in [3.05, 3.63) is 102 Å². The lowest BCUT2D eigenvalue weighted by atomic mass is 9.39. The van der Waals surface area contributed by atoms with Crippen molar-refractivity contribution in [3.8, 4) is 22.5 Å². The largest absolute Gasteiger partial charge is 0.321 e. The quantitative estimate of drug-likeness (QED) is 0.305. The van der Waals surface area contributed by atoms with E-state index in [9.17, 15) is 0 Å². The van der Waals surface area contributed by atoms with E-state index in [0.717, 1.165) is 0 Å². The number of hydrogen-bond donors (Lipinski definition) is 0. The summed E-state index contributed by atoms with van der Waals surface area (Å²) in [6.07, 6.45) is 4.99. The lowest BCUT2D eigenvalue weighted by Gasteiger charge is -2.27. The van der Waals surface area contributed by atoms with Crippen LogP contribution in [-0.2, 0) is 12.8 Å². The molecule has 0 spiro atoms. The molecule has 9 rings (SSSR count). The highest BCUT2D eigenvalue weighted by atomic mass is 15.0. The highest BCUT2D eigenvalue weighted by Crippen LogP contribution is 2.41. The van der Waals surface area contributed by atoms with Crippen LogP contribution in [0.15, 0.2) is 91.0 Å². The predicted molar refractivity (Wildman–Crippen MR) is 147 cm³/mol. The van der Waals surface area contributed by atoms with Gasteiger partial charge in [0.25, 0.3) is 6.71 Å². The van der Waals surface area contributed by atoms with Crippen molar-refractivity contribution in [3.63, 3.8) is 0 Å². The van der Waals surface area contributed by atoms with Gasteiger partial charge in [-0.2, -0.15) is 0 Å². The van der Waals surface area contributed by atoms with E-state index in [-0.39, 0.29) is 6.71 Å². The standard InChI is InChI=1S/C32H23BN2/c1-2-10-20(11-3-1)34-27-18-7-5-13-23(27)29-24-15-9-19-28-30(24)33(32(29)34)25-16-8-14-22-21-12-4-6-17-26(21)35(28)31(22)25/h1-3,5,7-11,13-16,18-19H,4,6,12,17H2. The summed E-state index contributed by atoms with van der Waals surface area (Å²) in [6, 6.07) is 34.0. The zero-order valence-corrected chi connectivity index (χ0v) is 19.5. The predicted octanol–water partition coefficient (Wildman–Crippen LogP) is 5.26. The zero-order chi connectivity index (χ0) is 22.7. The molecule has 0 radical (unpaired) electrons. The monoisotopic (exact) mass is 446 g/mol. The average Bonchev–Trinajstić information content (AvgIpc) is 3.55. The second kappa shape index (κ2) is 6.37. The molecule has 164 valence electrons. The summed E-state index contributed by atoms with van der Waals surface area (Å²) >= 11 is 0. The molecule has 0 fully saturated rings. The molecule has 0 saturated carbocycles. The van der Waals surface area contributed by atoms with Crippen LogP contribution in [-0.4, -0.2) is 15.8 Å². The molecule has 0 unspecified atom stereocenters. The molecule has 2 aromatic heterocycles. The van der Waals surface area contributed by atoms with Gasteiger partial charge in [0, 0.05) is 44.5 Å². The van der Waals surface area contributed by atoms with Gasteiger partial charge in [0.05, 0.1) is 5.52 Å². The van der Waals surface area contributed by atoms with Gasteiger partial charge in [-0.25, -0.2) is 0 Å². The maximum Gasteiger partial charge on any atom is 0.269 e. The number of hydrogen-bond acceptors (Lipinski definition) is 0. The number of fused-ring (bicyclic) bond motifs is 10. The number of aryl methyl sites for hydroxylation is 1. The normalized spacial score (nSPS) is 14.9. The van der Waals surface area contributed by atoms with Gasteiger partial charge >= 0.3 is 0 Å². The van der Waals surface area contributed by atoms with Crippen molar-refractivity contribution >= 4 is 45.0 Å². The first-order valence-corrected chi connectivity index (χ1v) is 12.9. The fourth-order valence-electron chi connectivity index (χ4n) is 7.49. The molecular weight excluding hydrogens is 423 g/mol. The van der Waals surface area contributed by atoms with Crippen molar-refractivity contribution in [1.82, 2.24) is 9.13 Å². The van der Waals surface area contributed by atoms with Crippen LogP contribution < -0.4 is 16.5 Å². The van der Waals surface area contributed by atoms with E-state index >= 15 is 0 Å². The minimum atomic E-state index is 0.247. The maximum atomic E-state index is 2.65. The van der Waals surface area contributed by atoms with Crippen molar-refractivity contribution in [2.75, 3.05) is 0 Å². The lowest BCUT2D eigenvalue weighted by molar-refractivity contribution is 0.667. The highest BCUT2D eigenvalue weighted by Gasteiger charge is 2.45. The Morgan fingerprint density at radius 3 is 2.40 bits per heavy atom. The van der Waals surface area contributed by atoms with Crippen LogP contribution in [0.2, 0.25) is 0 Å². The van der Waals surface area contributed by atoms with Gasteiger partial charge in [-0.1, -0.05) is 66.7 Å². The summed E-state index contributed by atoms with van der Waals surface area (Å²) in [4.78, 5) is 0. The van der Waals surface area contributed by atoms with E-state index in [4.69, 9.17) is 0 Å². The topological polar surface area (TPSA) is 9.86 Å². The van der Waals surface area contributed by atoms with E-state index in [1.807, 2.05) is 0 Å². The molecule has 4 heterocycles. The van der Waals surface area contributed by atoms with E-state index in [1.165, 1.54) is 86.5 Å². The molecular formula is C32H23BN2. The van der Waals surface area contributed by atoms with E-state index in [0.29, 0.717) is 0 Å². The van der Waals surface area contributed by atoms with Gasteiger partial charge in [-0.05, 0) is 72.0 Å². The fraction of sp³-hybridized carbons (Fsp3) is 0.125. The number of para-hydroxylation sites is 3. The Bertz CT molecular complexity index is 1850. The Balaban J connectivity index is 1.49. The van der Waals surface area contributed by atoms with E-state index in [2.05, 4.69) is 100 Å². The van der Waals surface area contributed by atoms with Gasteiger partial charge in [0.2, 0.25) is 0 Å². The third-order valence-corrected chi connectivity index (χ3v) is 8.72. The second-order valence-corrected chi connectivity index (χ2v) is 10.3. The Labute approximate surface area is 204 Å². The number of benzene rings is 4. The Hall–Kier alpha value is -3.98. The molecule has 3 aliphatic rings. The summed E-state index contributed by atoms with van der Waals surface area (Å²) in [5, 5.41) is 2.83.